The quantitative estimate of drug-likeness (QED) is 0.635. The Morgan fingerprint density at radius 2 is 2.13 bits per heavy atom. The van der Waals surface area contributed by atoms with Crippen LogP contribution in [0.3, 0.4) is 0 Å². The van der Waals surface area contributed by atoms with Gasteiger partial charge in [-0.15, -0.1) is 11.3 Å². The summed E-state index contributed by atoms with van der Waals surface area (Å²) >= 11 is 7.75. The van der Waals surface area contributed by atoms with Gasteiger partial charge in [-0.05, 0) is 54.5 Å². The number of hydrogen-bond donors (Lipinski definition) is 1. The first-order valence-corrected chi connectivity index (χ1v) is 8.80. The Morgan fingerprint density at radius 3 is 2.96 bits per heavy atom. The Bertz CT molecular complexity index is 893. The lowest BCUT2D eigenvalue weighted by Gasteiger charge is -2.18. The van der Waals surface area contributed by atoms with Gasteiger partial charge in [-0.2, -0.15) is 4.98 Å². The van der Waals surface area contributed by atoms with E-state index in [2.05, 4.69) is 22.2 Å². The van der Waals surface area contributed by atoms with Crippen LogP contribution in [0.4, 0.5) is 15.9 Å². The van der Waals surface area contributed by atoms with E-state index in [-0.39, 0.29) is 11.1 Å². The van der Waals surface area contributed by atoms with Gasteiger partial charge in [0.1, 0.15) is 16.5 Å². The first-order valence-electron chi connectivity index (χ1n) is 7.61. The lowest BCUT2D eigenvalue weighted by molar-refractivity contribution is 0.509. The number of nitrogens with one attached hydrogen (secondary N) is 1. The highest BCUT2D eigenvalue weighted by molar-refractivity contribution is 7.19. The second-order valence-electron chi connectivity index (χ2n) is 5.98. The van der Waals surface area contributed by atoms with Crippen LogP contribution < -0.4 is 5.32 Å². The molecule has 1 atom stereocenters. The van der Waals surface area contributed by atoms with E-state index in [4.69, 9.17) is 11.6 Å². The molecule has 118 valence electrons. The van der Waals surface area contributed by atoms with Crippen molar-refractivity contribution < 1.29 is 4.39 Å². The monoisotopic (exact) mass is 347 g/mol. The minimum atomic E-state index is -0.312. The molecule has 0 fully saturated rings. The largest absolute Gasteiger partial charge is 0.337 e. The van der Waals surface area contributed by atoms with E-state index < -0.39 is 0 Å². The molecule has 1 unspecified atom stereocenters. The number of fused-ring (bicyclic) bond motifs is 3. The Kier molecular flexibility index (Phi) is 3.70. The topological polar surface area (TPSA) is 37.8 Å². The van der Waals surface area contributed by atoms with Crippen LogP contribution in [0, 0.1) is 11.7 Å². The third-order valence-electron chi connectivity index (χ3n) is 4.25. The van der Waals surface area contributed by atoms with Crippen molar-refractivity contribution in [2.45, 2.75) is 26.2 Å². The zero-order valence-electron chi connectivity index (χ0n) is 12.6. The van der Waals surface area contributed by atoms with E-state index >= 15 is 0 Å². The highest BCUT2D eigenvalue weighted by atomic mass is 35.5. The van der Waals surface area contributed by atoms with Gasteiger partial charge < -0.3 is 5.32 Å². The fraction of sp³-hybridized carbons (Fsp3) is 0.294. The molecule has 0 aliphatic heterocycles. The van der Waals surface area contributed by atoms with Crippen LogP contribution in [0.2, 0.25) is 5.28 Å². The van der Waals surface area contributed by atoms with Gasteiger partial charge in [0.25, 0.3) is 0 Å². The summed E-state index contributed by atoms with van der Waals surface area (Å²) in [5.41, 5.74) is 1.69. The number of para-hydroxylation sites is 1. The molecular weight excluding hydrogens is 333 g/mol. The van der Waals surface area contributed by atoms with E-state index in [9.17, 15) is 4.39 Å². The summed E-state index contributed by atoms with van der Waals surface area (Å²) in [6.07, 6.45) is 3.22. The van der Waals surface area contributed by atoms with E-state index in [1.165, 1.54) is 16.5 Å². The molecule has 23 heavy (non-hydrogen) atoms. The molecule has 0 radical (unpaired) electrons. The van der Waals surface area contributed by atoms with Crippen molar-refractivity contribution in [3.63, 3.8) is 0 Å². The molecule has 0 spiro atoms. The molecule has 3 aromatic rings. The smallest absolute Gasteiger partial charge is 0.225 e. The van der Waals surface area contributed by atoms with Gasteiger partial charge in [0, 0.05) is 4.88 Å². The number of benzene rings is 1. The van der Waals surface area contributed by atoms with E-state index in [0.717, 1.165) is 29.5 Å². The standard InChI is InChI=1S/C17H15ClFN3S/c1-9-6-7-10-13(8-9)23-16-14(10)15(21-17(18)22-16)20-12-5-3-2-4-11(12)19/h2-5,9H,6-8H2,1H3,(H,20,21,22). The summed E-state index contributed by atoms with van der Waals surface area (Å²) in [6, 6.07) is 6.57. The fourth-order valence-corrected chi connectivity index (χ4v) is 4.70. The molecule has 1 N–H and O–H groups in total. The van der Waals surface area contributed by atoms with Crippen LogP contribution >= 0.6 is 22.9 Å². The molecule has 1 aliphatic rings. The third kappa shape index (κ3) is 2.68. The summed E-state index contributed by atoms with van der Waals surface area (Å²) < 4.78 is 14.0. The van der Waals surface area contributed by atoms with Gasteiger partial charge in [-0.3, -0.25) is 0 Å². The molecule has 6 heteroatoms. The van der Waals surface area contributed by atoms with E-state index in [1.807, 2.05) is 0 Å². The first kappa shape index (κ1) is 14.8. The molecule has 1 aliphatic carbocycles. The molecule has 3 nitrogen and oxygen atoms in total. The summed E-state index contributed by atoms with van der Waals surface area (Å²) in [6.45, 7) is 2.27. The Hall–Kier alpha value is -1.72. The van der Waals surface area contributed by atoms with Gasteiger partial charge in [0.05, 0.1) is 11.1 Å². The second kappa shape index (κ2) is 5.73. The minimum Gasteiger partial charge on any atom is -0.337 e. The molecule has 0 saturated heterocycles. The normalized spacial score (nSPS) is 17.3. The molecule has 0 amide bonds. The van der Waals surface area contributed by atoms with Crippen LogP contribution in [0.15, 0.2) is 24.3 Å². The number of aryl methyl sites for hydroxylation is 1. The zero-order valence-corrected chi connectivity index (χ0v) is 14.1. The maximum Gasteiger partial charge on any atom is 0.225 e. The van der Waals surface area contributed by atoms with Gasteiger partial charge >= 0.3 is 0 Å². The number of thiophene rings is 1. The maximum atomic E-state index is 14.0. The van der Waals surface area contributed by atoms with Crippen molar-refractivity contribution in [2.24, 2.45) is 5.92 Å². The predicted molar refractivity (Wildman–Crippen MR) is 93.3 cm³/mol. The highest BCUT2D eigenvalue weighted by Crippen LogP contribution is 2.41. The molecule has 0 bridgehead atoms. The number of nitrogens with zero attached hydrogens (tertiary/aromatic N) is 2. The van der Waals surface area contributed by atoms with Gasteiger partial charge in [0.15, 0.2) is 0 Å². The molecule has 4 rings (SSSR count). The van der Waals surface area contributed by atoms with Gasteiger partial charge in [-0.25, -0.2) is 9.37 Å². The number of hydrogen-bond acceptors (Lipinski definition) is 4. The fourth-order valence-electron chi connectivity index (χ4n) is 3.10. The minimum absolute atomic E-state index is 0.183. The number of rotatable bonds is 2. The van der Waals surface area contributed by atoms with Crippen LogP contribution in [0.5, 0.6) is 0 Å². The third-order valence-corrected chi connectivity index (χ3v) is 5.57. The lowest BCUT2D eigenvalue weighted by Crippen LogP contribution is -2.09. The number of anilines is 2. The van der Waals surface area contributed by atoms with Gasteiger partial charge in [-0.1, -0.05) is 19.1 Å². The Morgan fingerprint density at radius 1 is 1.30 bits per heavy atom. The molecule has 2 aromatic heterocycles. The summed E-state index contributed by atoms with van der Waals surface area (Å²) in [7, 11) is 0. The average molecular weight is 348 g/mol. The summed E-state index contributed by atoms with van der Waals surface area (Å²) in [5.74, 6) is 0.965. The second-order valence-corrected chi connectivity index (χ2v) is 7.40. The predicted octanol–water partition coefficient (Wildman–Crippen LogP) is 5.35. The maximum absolute atomic E-state index is 14.0. The molecule has 1 aromatic carbocycles. The average Bonchev–Trinajstić information content (AvgIpc) is 2.86. The van der Waals surface area contributed by atoms with Gasteiger partial charge in [0.2, 0.25) is 5.28 Å². The Labute approximate surface area is 142 Å². The van der Waals surface area contributed by atoms with Crippen molar-refractivity contribution in [2.75, 3.05) is 5.32 Å². The molecule has 0 saturated carbocycles. The van der Waals surface area contributed by atoms with Crippen LogP contribution in [0.25, 0.3) is 10.2 Å². The van der Waals surface area contributed by atoms with Crippen molar-refractivity contribution in [1.29, 1.82) is 0 Å². The SMILES string of the molecule is CC1CCc2c(sc3nc(Cl)nc(Nc4ccccc4F)c23)C1. The zero-order chi connectivity index (χ0) is 16.0. The van der Waals surface area contributed by atoms with E-state index in [1.54, 1.807) is 29.5 Å². The van der Waals surface area contributed by atoms with Crippen molar-refractivity contribution >= 4 is 44.7 Å². The van der Waals surface area contributed by atoms with Crippen LogP contribution in [-0.4, -0.2) is 9.97 Å². The van der Waals surface area contributed by atoms with Crippen molar-refractivity contribution in [3.05, 3.63) is 45.8 Å². The molecular formula is C17H15ClFN3S. The van der Waals surface area contributed by atoms with Crippen molar-refractivity contribution in [1.82, 2.24) is 9.97 Å². The van der Waals surface area contributed by atoms with E-state index in [0.29, 0.717) is 17.4 Å². The lowest BCUT2D eigenvalue weighted by atomic mass is 9.89. The number of aromatic nitrogens is 2. The summed E-state index contributed by atoms with van der Waals surface area (Å²) in [4.78, 5) is 10.9. The van der Waals surface area contributed by atoms with Crippen LogP contribution in [0.1, 0.15) is 23.8 Å². The summed E-state index contributed by atoms with van der Waals surface area (Å²) in [5, 5.41) is 4.27. The molecule has 2 heterocycles. The highest BCUT2D eigenvalue weighted by Gasteiger charge is 2.24. The Balaban J connectivity index is 1.87. The van der Waals surface area contributed by atoms with Crippen molar-refractivity contribution in [3.8, 4) is 0 Å². The number of halogens is 2. The first-order chi connectivity index (χ1) is 11.1. The van der Waals surface area contributed by atoms with Crippen LogP contribution in [-0.2, 0) is 12.8 Å².